The van der Waals surface area contributed by atoms with Gasteiger partial charge in [-0.3, -0.25) is 0 Å². The van der Waals surface area contributed by atoms with Crippen molar-refractivity contribution in [2.24, 2.45) is 0 Å². The molecule has 0 aliphatic heterocycles. The van der Waals surface area contributed by atoms with E-state index in [1.54, 1.807) is 12.1 Å². The highest BCUT2D eigenvalue weighted by Gasteiger charge is 2.25. The van der Waals surface area contributed by atoms with E-state index in [0.717, 1.165) is 25.7 Å². The number of aryl methyl sites for hydroxylation is 1. The van der Waals surface area contributed by atoms with E-state index in [1.807, 2.05) is 18.2 Å². The zero-order valence-corrected chi connectivity index (χ0v) is 18.9. The van der Waals surface area contributed by atoms with Gasteiger partial charge in [0.25, 0.3) is 0 Å². The molecular weight excluding hydrogens is 360 g/mol. The van der Waals surface area contributed by atoms with Crippen LogP contribution in [0.5, 0.6) is 5.75 Å². The molecule has 0 aromatic heterocycles. The van der Waals surface area contributed by atoms with Gasteiger partial charge in [0.2, 0.25) is 0 Å². The van der Waals surface area contributed by atoms with Crippen LogP contribution in [0.2, 0.25) is 0 Å². The van der Waals surface area contributed by atoms with Crippen LogP contribution >= 0.6 is 0 Å². The molecule has 0 heterocycles. The SMILES string of the molecule is CCC(C)(C)c1ccc(CCCOC(=O)Oc2ccccc2)c(C(C)(C)CC)c1. The van der Waals surface area contributed by atoms with Crippen molar-refractivity contribution in [2.75, 3.05) is 6.61 Å². The molecule has 0 radical (unpaired) electrons. The second-order valence-electron chi connectivity index (χ2n) is 8.96. The maximum absolute atomic E-state index is 11.8. The van der Waals surface area contributed by atoms with E-state index in [0.29, 0.717) is 12.4 Å². The van der Waals surface area contributed by atoms with E-state index in [1.165, 1.54) is 16.7 Å². The average Bonchev–Trinajstić information content (AvgIpc) is 2.71. The average molecular weight is 397 g/mol. The zero-order chi connectivity index (χ0) is 21.5. The molecule has 3 heteroatoms. The summed E-state index contributed by atoms with van der Waals surface area (Å²) < 4.78 is 10.4. The first-order chi connectivity index (χ1) is 13.7. The zero-order valence-electron chi connectivity index (χ0n) is 18.9. The standard InChI is InChI=1S/C26H36O3/c1-7-25(3,4)21-17-16-20(23(19-21)26(5,6)8-2)13-12-18-28-24(27)29-22-14-10-9-11-15-22/h9-11,14-17,19H,7-8,12-13,18H2,1-6H3. The van der Waals surface area contributed by atoms with Crippen molar-refractivity contribution in [3.05, 3.63) is 65.2 Å². The minimum Gasteiger partial charge on any atom is -0.434 e. The second kappa shape index (κ2) is 9.96. The van der Waals surface area contributed by atoms with Crippen LogP contribution in [-0.2, 0) is 22.0 Å². The van der Waals surface area contributed by atoms with Crippen molar-refractivity contribution < 1.29 is 14.3 Å². The molecule has 0 unspecified atom stereocenters. The lowest BCUT2D eigenvalue weighted by Crippen LogP contribution is -2.22. The number of para-hydroxylation sites is 1. The predicted octanol–water partition coefficient (Wildman–Crippen LogP) is 7.21. The molecule has 0 aliphatic carbocycles. The van der Waals surface area contributed by atoms with E-state index in [-0.39, 0.29) is 10.8 Å². The summed E-state index contributed by atoms with van der Waals surface area (Å²) in [6, 6.07) is 15.9. The Morgan fingerprint density at radius 2 is 1.55 bits per heavy atom. The number of rotatable bonds is 9. The van der Waals surface area contributed by atoms with Gasteiger partial charge in [0.05, 0.1) is 6.61 Å². The van der Waals surface area contributed by atoms with Gasteiger partial charge in [-0.25, -0.2) is 4.79 Å². The number of benzene rings is 2. The summed E-state index contributed by atoms with van der Waals surface area (Å²) in [5, 5.41) is 0. The van der Waals surface area contributed by atoms with E-state index < -0.39 is 6.16 Å². The Bertz CT molecular complexity index is 791. The molecule has 2 aromatic rings. The molecule has 158 valence electrons. The molecule has 0 atom stereocenters. The van der Waals surface area contributed by atoms with Gasteiger partial charge >= 0.3 is 6.16 Å². The van der Waals surface area contributed by atoms with Gasteiger partial charge < -0.3 is 9.47 Å². The van der Waals surface area contributed by atoms with Crippen molar-refractivity contribution in [1.82, 2.24) is 0 Å². The molecule has 0 saturated carbocycles. The van der Waals surface area contributed by atoms with Crippen molar-refractivity contribution in [1.29, 1.82) is 0 Å². The first kappa shape index (κ1) is 23.0. The van der Waals surface area contributed by atoms with Gasteiger partial charge in [0, 0.05) is 0 Å². The summed E-state index contributed by atoms with van der Waals surface area (Å²) in [5.41, 5.74) is 4.42. The molecule has 0 aliphatic rings. The summed E-state index contributed by atoms with van der Waals surface area (Å²) in [5.74, 6) is 0.499. The lowest BCUT2D eigenvalue weighted by molar-refractivity contribution is 0.0980. The number of carbonyl (C=O) groups excluding carboxylic acids is 1. The van der Waals surface area contributed by atoms with Crippen LogP contribution in [0.3, 0.4) is 0 Å². The van der Waals surface area contributed by atoms with Gasteiger partial charge in [-0.15, -0.1) is 0 Å². The Kier molecular flexibility index (Phi) is 7.89. The highest BCUT2D eigenvalue weighted by atomic mass is 16.7. The molecule has 2 aromatic carbocycles. The number of hydrogen-bond donors (Lipinski definition) is 0. The first-order valence-electron chi connectivity index (χ1n) is 10.7. The van der Waals surface area contributed by atoms with Crippen LogP contribution in [-0.4, -0.2) is 12.8 Å². The van der Waals surface area contributed by atoms with Crippen molar-refractivity contribution in [2.45, 2.75) is 78.1 Å². The molecule has 0 N–H and O–H groups in total. The van der Waals surface area contributed by atoms with E-state index in [4.69, 9.17) is 9.47 Å². The highest BCUT2D eigenvalue weighted by Crippen LogP contribution is 2.35. The summed E-state index contributed by atoms with van der Waals surface area (Å²) >= 11 is 0. The van der Waals surface area contributed by atoms with Crippen LogP contribution in [0, 0.1) is 0 Å². The molecule has 0 fully saturated rings. The lowest BCUT2D eigenvalue weighted by atomic mass is 9.74. The van der Waals surface area contributed by atoms with Crippen LogP contribution in [0.4, 0.5) is 4.79 Å². The summed E-state index contributed by atoms with van der Waals surface area (Å²) in [6.07, 6.45) is 3.19. The monoisotopic (exact) mass is 396 g/mol. The van der Waals surface area contributed by atoms with Gasteiger partial charge in [-0.2, -0.15) is 0 Å². The Morgan fingerprint density at radius 3 is 2.17 bits per heavy atom. The van der Waals surface area contributed by atoms with E-state index in [9.17, 15) is 4.79 Å². The number of carbonyl (C=O) groups is 1. The maximum atomic E-state index is 11.8. The number of ether oxygens (including phenoxy) is 2. The fourth-order valence-corrected chi connectivity index (χ4v) is 3.27. The first-order valence-corrected chi connectivity index (χ1v) is 10.7. The van der Waals surface area contributed by atoms with Crippen LogP contribution < -0.4 is 4.74 Å². The topological polar surface area (TPSA) is 35.5 Å². The van der Waals surface area contributed by atoms with Crippen molar-refractivity contribution in [3.63, 3.8) is 0 Å². The minimum absolute atomic E-state index is 0.113. The third kappa shape index (κ3) is 6.35. The molecule has 29 heavy (non-hydrogen) atoms. The van der Waals surface area contributed by atoms with Gasteiger partial charge in [-0.1, -0.05) is 77.9 Å². The van der Waals surface area contributed by atoms with Gasteiger partial charge in [-0.05, 0) is 65.3 Å². The molecule has 0 spiro atoms. The summed E-state index contributed by atoms with van der Waals surface area (Å²) in [6.45, 7) is 14.0. The minimum atomic E-state index is -0.648. The quantitative estimate of drug-likeness (QED) is 0.255. The fourth-order valence-electron chi connectivity index (χ4n) is 3.27. The highest BCUT2D eigenvalue weighted by molar-refractivity contribution is 5.63. The Morgan fingerprint density at radius 1 is 0.897 bits per heavy atom. The Hall–Kier alpha value is -2.29. The van der Waals surface area contributed by atoms with Gasteiger partial charge in [0.15, 0.2) is 0 Å². The van der Waals surface area contributed by atoms with E-state index >= 15 is 0 Å². The number of hydrogen-bond acceptors (Lipinski definition) is 3. The third-order valence-electron chi connectivity index (χ3n) is 6.14. The van der Waals surface area contributed by atoms with Crippen LogP contribution in [0.1, 0.15) is 77.5 Å². The fraction of sp³-hybridized carbons (Fsp3) is 0.500. The van der Waals surface area contributed by atoms with Crippen molar-refractivity contribution in [3.8, 4) is 5.75 Å². The summed E-state index contributed by atoms with van der Waals surface area (Å²) in [4.78, 5) is 11.8. The third-order valence-corrected chi connectivity index (χ3v) is 6.14. The lowest BCUT2D eigenvalue weighted by Gasteiger charge is -2.31. The Balaban J connectivity index is 2.01. The molecule has 2 rings (SSSR count). The van der Waals surface area contributed by atoms with E-state index in [2.05, 4.69) is 59.7 Å². The van der Waals surface area contributed by atoms with Crippen LogP contribution in [0.25, 0.3) is 0 Å². The second-order valence-corrected chi connectivity index (χ2v) is 8.96. The molecule has 0 saturated heterocycles. The molecule has 0 amide bonds. The smallest absolute Gasteiger partial charge is 0.434 e. The van der Waals surface area contributed by atoms with Crippen molar-refractivity contribution >= 4 is 6.16 Å². The molecule has 0 bridgehead atoms. The summed E-state index contributed by atoms with van der Waals surface area (Å²) in [7, 11) is 0. The largest absolute Gasteiger partial charge is 0.513 e. The predicted molar refractivity (Wildman–Crippen MR) is 120 cm³/mol. The Labute approximate surface area is 176 Å². The molecular formula is C26H36O3. The van der Waals surface area contributed by atoms with Gasteiger partial charge in [0.1, 0.15) is 5.75 Å². The maximum Gasteiger partial charge on any atom is 0.513 e. The van der Waals surface area contributed by atoms with Crippen LogP contribution in [0.15, 0.2) is 48.5 Å². The molecule has 3 nitrogen and oxygen atoms in total. The normalized spacial score (nSPS) is 11.9.